The summed E-state index contributed by atoms with van der Waals surface area (Å²) in [6.07, 6.45) is 6.32. The van der Waals surface area contributed by atoms with E-state index in [0.29, 0.717) is 19.1 Å². The first-order valence-electron chi connectivity index (χ1n) is 10.3. The zero-order valence-electron chi connectivity index (χ0n) is 17.4. The normalized spacial score (nSPS) is 24.6. The average Bonchev–Trinajstić information content (AvgIpc) is 2.85. The van der Waals surface area contributed by atoms with Crippen molar-refractivity contribution in [1.29, 1.82) is 0 Å². The van der Waals surface area contributed by atoms with E-state index in [1.165, 1.54) is 0 Å². The molecule has 1 atom stereocenters. The lowest BCUT2D eigenvalue weighted by molar-refractivity contribution is -0.132. The standard InChI is InChI=1S/C20H34N6O2/c1-16(27)26-9-5-4-8-20(28,14-26)13-25-10-6-17(7-11-25)23-18-12-19(24(2)3)22-15-21-18/h12,15,17,28H,4-11,13-14H2,1-3H3,(H,21,22,23). The monoisotopic (exact) mass is 390 g/mol. The minimum atomic E-state index is -0.796. The molecule has 2 saturated heterocycles. The zero-order valence-corrected chi connectivity index (χ0v) is 17.4. The molecule has 0 saturated carbocycles. The molecule has 3 heterocycles. The molecule has 156 valence electrons. The molecule has 3 rings (SSSR count). The van der Waals surface area contributed by atoms with Crippen molar-refractivity contribution in [2.45, 2.75) is 50.7 Å². The Balaban J connectivity index is 1.51. The lowest BCUT2D eigenvalue weighted by Gasteiger charge is -2.39. The van der Waals surface area contributed by atoms with Gasteiger partial charge in [-0.1, -0.05) is 0 Å². The fourth-order valence-electron chi connectivity index (χ4n) is 4.20. The van der Waals surface area contributed by atoms with Crippen molar-refractivity contribution in [1.82, 2.24) is 19.8 Å². The van der Waals surface area contributed by atoms with E-state index >= 15 is 0 Å². The van der Waals surface area contributed by atoms with Gasteiger partial charge < -0.3 is 25.1 Å². The smallest absolute Gasteiger partial charge is 0.219 e. The Kier molecular flexibility index (Phi) is 6.72. The minimum absolute atomic E-state index is 0.0603. The van der Waals surface area contributed by atoms with Gasteiger partial charge in [0.1, 0.15) is 18.0 Å². The lowest BCUT2D eigenvalue weighted by Crippen LogP contribution is -2.53. The second-order valence-electron chi connectivity index (χ2n) is 8.47. The molecule has 1 amide bonds. The summed E-state index contributed by atoms with van der Waals surface area (Å²) in [7, 11) is 3.94. The predicted octanol–water partition coefficient (Wildman–Crippen LogP) is 1.18. The minimum Gasteiger partial charge on any atom is -0.387 e. The molecule has 0 radical (unpaired) electrons. The van der Waals surface area contributed by atoms with Gasteiger partial charge in [-0.3, -0.25) is 4.79 Å². The van der Waals surface area contributed by atoms with E-state index in [4.69, 9.17) is 0 Å². The number of amides is 1. The van der Waals surface area contributed by atoms with E-state index in [9.17, 15) is 9.90 Å². The van der Waals surface area contributed by atoms with E-state index in [2.05, 4.69) is 20.2 Å². The van der Waals surface area contributed by atoms with Gasteiger partial charge in [0, 0.05) is 59.3 Å². The summed E-state index contributed by atoms with van der Waals surface area (Å²) in [6.45, 7) is 5.32. The van der Waals surface area contributed by atoms with Gasteiger partial charge in [-0.15, -0.1) is 0 Å². The summed E-state index contributed by atoms with van der Waals surface area (Å²) >= 11 is 0. The highest BCUT2D eigenvalue weighted by atomic mass is 16.3. The zero-order chi connectivity index (χ0) is 20.1. The molecule has 1 aromatic rings. The number of aromatic nitrogens is 2. The molecule has 0 aromatic carbocycles. The fraction of sp³-hybridized carbons (Fsp3) is 0.750. The van der Waals surface area contributed by atoms with Crippen molar-refractivity contribution >= 4 is 17.5 Å². The Morgan fingerprint density at radius 3 is 2.71 bits per heavy atom. The number of nitrogens with zero attached hydrogens (tertiary/aromatic N) is 5. The first-order chi connectivity index (χ1) is 13.3. The van der Waals surface area contributed by atoms with Crippen LogP contribution in [0, 0.1) is 0 Å². The van der Waals surface area contributed by atoms with E-state index < -0.39 is 5.60 Å². The third kappa shape index (κ3) is 5.54. The van der Waals surface area contributed by atoms with Crippen LogP contribution in [0.1, 0.15) is 39.0 Å². The van der Waals surface area contributed by atoms with Crippen LogP contribution in [0.5, 0.6) is 0 Å². The van der Waals surface area contributed by atoms with Gasteiger partial charge >= 0.3 is 0 Å². The van der Waals surface area contributed by atoms with Crippen molar-refractivity contribution in [2.24, 2.45) is 0 Å². The molecule has 1 unspecified atom stereocenters. The summed E-state index contributed by atoms with van der Waals surface area (Å²) in [5, 5.41) is 14.7. The molecule has 28 heavy (non-hydrogen) atoms. The highest BCUT2D eigenvalue weighted by Crippen LogP contribution is 2.25. The predicted molar refractivity (Wildman–Crippen MR) is 110 cm³/mol. The van der Waals surface area contributed by atoms with Gasteiger partial charge in [-0.2, -0.15) is 0 Å². The lowest BCUT2D eigenvalue weighted by atomic mass is 9.95. The third-order valence-corrected chi connectivity index (χ3v) is 5.82. The maximum atomic E-state index is 11.8. The number of carbonyl (C=O) groups excluding carboxylic acids is 1. The molecule has 2 aliphatic heterocycles. The average molecular weight is 391 g/mol. The number of likely N-dealkylation sites (tertiary alicyclic amines) is 2. The largest absolute Gasteiger partial charge is 0.387 e. The molecule has 0 aliphatic carbocycles. The quantitative estimate of drug-likeness (QED) is 0.781. The molecule has 2 fully saturated rings. The van der Waals surface area contributed by atoms with Crippen molar-refractivity contribution < 1.29 is 9.90 Å². The summed E-state index contributed by atoms with van der Waals surface area (Å²) in [6, 6.07) is 2.34. The molecular weight excluding hydrogens is 356 g/mol. The van der Waals surface area contributed by atoms with Crippen LogP contribution in [0.2, 0.25) is 0 Å². The third-order valence-electron chi connectivity index (χ3n) is 5.82. The number of hydrogen-bond donors (Lipinski definition) is 2. The van der Waals surface area contributed by atoms with Crippen LogP contribution >= 0.6 is 0 Å². The number of carbonyl (C=O) groups is 1. The first kappa shape index (κ1) is 20.8. The second-order valence-corrected chi connectivity index (χ2v) is 8.47. The fourth-order valence-corrected chi connectivity index (χ4v) is 4.20. The second kappa shape index (κ2) is 9.05. The molecule has 2 N–H and O–H groups in total. The molecule has 8 nitrogen and oxygen atoms in total. The molecule has 8 heteroatoms. The Morgan fingerprint density at radius 1 is 1.29 bits per heavy atom. The number of rotatable bonds is 5. The maximum absolute atomic E-state index is 11.8. The van der Waals surface area contributed by atoms with Crippen LogP contribution in [-0.2, 0) is 4.79 Å². The highest BCUT2D eigenvalue weighted by Gasteiger charge is 2.35. The van der Waals surface area contributed by atoms with Gasteiger partial charge in [-0.05, 0) is 32.1 Å². The highest BCUT2D eigenvalue weighted by molar-refractivity contribution is 5.73. The summed E-state index contributed by atoms with van der Waals surface area (Å²) in [4.78, 5) is 26.5. The Labute approximate surface area is 167 Å². The van der Waals surface area contributed by atoms with Crippen molar-refractivity contribution in [3.8, 4) is 0 Å². The molecule has 1 aromatic heterocycles. The van der Waals surface area contributed by atoms with Gasteiger partial charge in [0.2, 0.25) is 5.91 Å². The van der Waals surface area contributed by atoms with Gasteiger partial charge in [0.15, 0.2) is 0 Å². The Bertz CT molecular complexity index is 662. The number of β-amino-alcohol motifs (C(OH)–C–C–N with tert-alkyl or cyclic N) is 1. The van der Waals surface area contributed by atoms with Gasteiger partial charge in [-0.25, -0.2) is 9.97 Å². The van der Waals surface area contributed by atoms with Crippen LogP contribution < -0.4 is 10.2 Å². The van der Waals surface area contributed by atoms with Crippen molar-refractivity contribution in [3.63, 3.8) is 0 Å². The SMILES string of the molecule is CC(=O)N1CCCCC(O)(CN2CCC(Nc3cc(N(C)C)ncn3)CC2)C1. The maximum Gasteiger partial charge on any atom is 0.219 e. The Morgan fingerprint density at radius 2 is 2.04 bits per heavy atom. The summed E-state index contributed by atoms with van der Waals surface area (Å²) in [5.41, 5.74) is -0.796. The summed E-state index contributed by atoms with van der Waals surface area (Å²) < 4.78 is 0. The number of hydrogen-bond acceptors (Lipinski definition) is 7. The van der Waals surface area contributed by atoms with Crippen molar-refractivity contribution in [3.05, 3.63) is 12.4 Å². The number of aliphatic hydroxyl groups is 1. The van der Waals surface area contributed by atoms with Gasteiger partial charge in [0.25, 0.3) is 0 Å². The van der Waals surface area contributed by atoms with Crippen LogP contribution in [0.4, 0.5) is 11.6 Å². The molecular formula is C20H34N6O2. The van der Waals surface area contributed by atoms with E-state index in [0.717, 1.165) is 63.4 Å². The summed E-state index contributed by atoms with van der Waals surface area (Å²) in [5.74, 6) is 1.81. The van der Waals surface area contributed by atoms with Crippen LogP contribution in [0.3, 0.4) is 0 Å². The van der Waals surface area contributed by atoms with Crippen LogP contribution in [0.25, 0.3) is 0 Å². The number of piperidine rings is 1. The van der Waals surface area contributed by atoms with Crippen LogP contribution in [-0.4, -0.2) is 89.2 Å². The number of anilines is 2. The first-order valence-corrected chi connectivity index (χ1v) is 10.3. The number of nitrogens with one attached hydrogen (secondary N) is 1. The Hall–Kier alpha value is -1.93. The van der Waals surface area contributed by atoms with E-state index in [-0.39, 0.29) is 5.91 Å². The molecule has 2 aliphatic rings. The van der Waals surface area contributed by atoms with E-state index in [1.54, 1.807) is 18.2 Å². The van der Waals surface area contributed by atoms with Crippen molar-refractivity contribution in [2.75, 3.05) is 57.0 Å². The van der Waals surface area contributed by atoms with Gasteiger partial charge in [0.05, 0.1) is 12.1 Å². The topological polar surface area (TPSA) is 84.8 Å². The van der Waals surface area contributed by atoms with E-state index in [1.807, 2.05) is 25.1 Å². The molecule has 0 bridgehead atoms. The van der Waals surface area contributed by atoms with Crippen LogP contribution in [0.15, 0.2) is 12.4 Å². The molecule has 0 spiro atoms.